The van der Waals surface area contributed by atoms with Gasteiger partial charge in [-0.25, -0.2) is 0 Å². The molecule has 0 radical (unpaired) electrons. The van der Waals surface area contributed by atoms with Crippen molar-refractivity contribution < 1.29 is 19.1 Å². The Morgan fingerprint density at radius 2 is 0.542 bits per heavy atom. The van der Waals surface area contributed by atoms with E-state index in [-0.39, 0.29) is 24.1 Å². The van der Waals surface area contributed by atoms with Gasteiger partial charge < -0.3 is 14.4 Å². The molecular formula is C54H107NO4. The van der Waals surface area contributed by atoms with Crippen LogP contribution >= 0.6 is 0 Å². The van der Waals surface area contributed by atoms with Crippen molar-refractivity contribution in [3.8, 4) is 0 Å². The topological polar surface area (TPSA) is 55.8 Å². The molecule has 0 aromatic carbocycles. The molecular weight excluding hydrogens is 727 g/mol. The third-order valence-electron chi connectivity index (χ3n) is 12.7. The minimum Gasteiger partial charge on any atom is -0.462 e. The van der Waals surface area contributed by atoms with E-state index in [2.05, 4.69) is 39.5 Å². The van der Waals surface area contributed by atoms with Crippen LogP contribution in [0.2, 0.25) is 0 Å². The number of unbranched alkanes of at least 4 members (excludes halogenated alkanes) is 29. The van der Waals surface area contributed by atoms with Gasteiger partial charge in [-0.05, 0) is 103 Å². The third kappa shape index (κ3) is 43.3. The van der Waals surface area contributed by atoms with Crippen molar-refractivity contribution in [1.82, 2.24) is 4.90 Å². The largest absolute Gasteiger partial charge is 0.462 e. The maximum absolute atomic E-state index is 12.8. The average molecular weight is 834 g/mol. The van der Waals surface area contributed by atoms with Crippen LogP contribution in [0, 0.1) is 0 Å². The number of nitrogens with zero attached hydrogens (tertiary/aromatic N) is 1. The second kappa shape index (κ2) is 47.9. The van der Waals surface area contributed by atoms with Crippen LogP contribution in [0.4, 0.5) is 0 Å². The van der Waals surface area contributed by atoms with Crippen LogP contribution in [0.5, 0.6) is 0 Å². The minimum absolute atomic E-state index is 0.0453. The molecule has 0 unspecified atom stereocenters. The first-order valence-electron chi connectivity index (χ1n) is 27.1. The molecule has 0 rings (SSSR count). The van der Waals surface area contributed by atoms with Crippen molar-refractivity contribution in [3.63, 3.8) is 0 Å². The molecule has 0 atom stereocenters. The Bertz CT molecular complexity index is 752. The molecule has 0 saturated carbocycles. The Hall–Kier alpha value is -1.10. The molecule has 0 saturated heterocycles. The highest BCUT2D eigenvalue weighted by molar-refractivity contribution is 5.69. The van der Waals surface area contributed by atoms with Crippen molar-refractivity contribution in [2.75, 3.05) is 19.6 Å². The molecule has 0 aliphatic heterocycles. The van der Waals surface area contributed by atoms with E-state index in [1.165, 1.54) is 225 Å². The zero-order valence-corrected chi connectivity index (χ0v) is 41.1. The quantitative estimate of drug-likeness (QED) is 0.0451. The van der Waals surface area contributed by atoms with Crippen molar-refractivity contribution in [2.45, 2.75) is 317 Å². The maximum atomic E-state index is 12.8. The molecule has 0 aliphatic carbocycles. The molecule has 0 aromatic rings. The molecule has 0 aliphatic rings. The van der Waals surface area contributed by atoms with Gasteiger partial charge in [-0.1, -0.05) is 208 Å². The molecule has 0 bridgehead atoms. The zero-order chi connectivity index (χ0) is 43.1. The maximum Gasteiger partial charge on any atom is 0.306 e. The predicted octanol–water partition coefficient (Wildman–Crippen LogP) is 17.6. The summed E-state index contributed by atoms with van der Waals surface area (Å²) in [6, 6.07) is 0. The summed E-state index contributed by atoms with van der Waals surface area (Å²) in [6.07, 6.45) is 50.9. The number of rotatable bonds is 49. The van der Waals surface area contributed by atoms with Gasteiger partial charge in [0.15, 0.2) is 0 Å². The number of hydrogen-bond donors (Lipinski definition) is 0. The summed E-state index contributed by atoms with van der Waals surface area (Å²) in [7, 11) is 0. The fourth-order valence-electron chi connectivity index (χ4n) is 8.61. The van der Waals surface area contributed by atoms with Gasteiger partial charge in [0.25, 0.3) is 0 Å². The van der Waals surface area contributed by atoms with Gasteiger partial charge in [0.05, 0.1) is 0 Å². The lowest BCUT2D eigenvalue weighted by atomic mass is 10.0. The Morgan fingerprint density at radius 1 is 0.305 bits per heavy atom. The second-order valence-electron chi connectivity index (χ2n) is 18.7. The summed E-state index contributed by atoms with van der Waals surface area (Å²) >= 11 is 0. The summed E-state index contributed by atoms with van der Waals surface area (Å²) in [5, 5.41) is 0. The van der Waals surface area contributed by atoms with Gasteiger partial charge in [-0.3, -0.25) is 9.59 Å². The van der Waals surface area contributed by atoms with Crippen LogP contribution in [0.15, 0.2) is 0 Å². The molecule has 5 heteroatoms. The summed E-state index contributed by atoms with van der Waals surface area (Å²) in [5.41, 5.74) is 0. The number of carbonyl (C=O) groups is 2. The smallest absolute Gasteiger partial charge is 0.306 e. The molecule has 352 valence electrons. The van der Waals surface area contributed by atoms with E-state index in [1.807, 2.05) is 0 Å². The van der Waals surface area contributed by atoms with Gasteiger partial charge in [0, 0.05) is 12.8 Å². The highest BCUT2D eigenvalue weighted by atomic mass is 16.5. The fraction of sp³-hybridized carbons (Fsp3) is 0.963. The Kier molecular flexibility index (Phi) is 47.0. The lowest BCUT2D eigenvalue weighted by Crippen LogP contribution is -2.27. The molecule has 0 amide bonds. The number of ether oxygens (including phenoxy) is 2. The Morgan fingerprint density at radius 3 is 0.847 bits per heavy atom. The van der Waals surface area contributed by atoms with Crippen LogP contribution < -0.4 is 0 Å². The highest BCUT2D eigenvalue weighted by Gasteiger charge is 2.16. The SMILES string of the molecule is CCCCCCCCC(CCCCCCCC)OC(=O)CCCCCCCN(CCCC)CCCCCCCC(=O)OC(CCCCCCCC)CCCCCCCC. The molecule has 0 fully saturated rings. The van der Waals surface area contributed by atoms with E-state index >= 15 is 0 Å². The zero-order valence-electron chi connectivity index (χ0n) is 41.1. The van der Waals surface area contributed by atoms with Crippen molar-refractivity contribution in [3.05, 3.63) is 0 Å². The highest BCUT2D eigenvalue weighted by Crippen LogP contribution is 2.20. The Labute approximate surface area is 370 Å². The first-order valence-corrected chi connectivity index (χ1v) is 27.1. The fourth-order valence-corrected chi connectivity index (χ4v) is 8.61. The van der Waals surface area contributed by atoms with Gasteiger partial charge in [0.2, 0.25) is 0 Å². The molecule has 0 N–H and O–H groups in total. The summed E-state index contributed by atoms with van der Waals surface area (Å²) in [4.78, 5) is 28.3. The summed E-state index contributed by atoms with van der Waals surface area (Å²) in [6.45, 7) is 15.0. The van der Waals surface area contributed by atoms with Crippen LogP contribution in [0.3, 0.4) is 0 Å². The van der Waals surface area contributed by atoms with Gasteiger partial charge in [0.1, 0.15) is 12.2 Å². The van der Waals surface area contributed by atoms with Gasteiger partial charge in [-0.15, -0.1) is 0 Å². The molecule has 0 aromatic heterocycles. The number of esters is 2. The number of hydrogen-bond acceptors (Lipinski definition) is 5. The van der Waals surface area contributed by atoms with Crippen LogP contribution in [-0.2, 0) is 19.1 Å². The van der Waals surface area contributed by atoms with Crippen LogP contribution in [0.1, 0.15) is 304 Å². The Balaban J connectivity index is 4.29. The predicted molar refractivity (Wildman–Crippen MR) is 258 cm³/mol. The molecule has 0 spiro atoms. The normalized spacial score (nSPS) is 11.7. The summed E-state index contributed by atoms with van der Waals surface area (Å²) < 4.78 is 12.2. The molecule has 59 heavy (non-hydrogen) atoms. The monoisotopic (exact) mass is 834 g/mol. The van der Waals surface area contributed by atoms with Crippen molar-refractivity contribution >= 4 is 11.9 Å². The summed E-state index contributed by atoms with van der Waals surface area (Å²) in [5.74, 6) is 0.0905. The standard InChI is InChI=1S/C54H107NO4/c1-6-11-16-20-26-34-42-51(43-35-27-21-17-12-7-2)58-53(56)46-38-30-24-32-40-49-55(48-15-10-5)50-41-33-25-31-39-47-54(57)59-52(44-36-28-22-18-13-8-3)45-37-29-23-19-14-9-4/h51-52H,6-50H2,1-5H3. The van der Waals surface area contributed by atoms with Crippen molar-refractivity contribution in [2.24, 2.45) is 0 Å². The van der Waals surface area contributed by atoms with E-state index in [0.29, 0.717) is 12.8 Å². The second-order valence-corrected chi connectivity index (χ2v) is 18.7. The van der Waals surface area contributed by atoms with E-state index < -0.39 is 0 Å². The van der Waals surface area contributed by atoms with E-state index in [0.717, 1.165) is 51.4 Å². The van der Waals surface area contributed by atoms with E-state index in [1.54, 1.807) is 0 Å². The number of carbonyl (C=O) groups excluding carboxylic acids is 2. The van der Waals surface area contributed by atoms with Gasteiger partial charge in [-0.2, -0.15) is 0 Å². The van der Waals surface area contributed by atoms with Gasteiger partial charge >= 0.3 is 11.9 Å². The first-order chi connectivity index (χ1) is 29.0. The lowest BCUT2D eigenvalue weighted by Gasteiger charge is -2.22. The van der Waals surface area contributed by atoms with Crippen molar-refractivity contribution in [1.29, 1.82) is 0 Å². The van der Waals surface area contributed by atoms with E-state index in [9.17, 15) is 9.59 Å². The third-order valence-corrected chi connectivity index (χ3v) is 12.7. The van der Waals surface area contributed by atoms with Crippen LogP contribution in [-0.4, -0.2) is 48.7 Å². The first kappa shape index (κ1) is 57.9. The average Bonchev–Trinajstić information content (AvgIpc) is 3.23. The molecule has 0 heterocycles. The van der Waals surface area contributed by atoms with E-state index in [4.69, 9.17) is 9.47 Å². The lowest BCUT2D eigenvalue weighted by molar-refractivity contribution is -0.151. The minimum atomic E-state index is 0.0453. The van der Waals surface area contributed by atoms with Crippen LogP contribution in [0.25, 0.3) is 0 Å². The molecule has 5 nitrogen and oxygen atoms in total.